The normalized spacial score (nSPS) is 12.2. The number of hydrogen-bond acceptors (Lipinski definition) is 2. The zero-order chi connectivity index (χ0) is 13.0. The van der Waals surface area contributed by atoms with Gasteiger partial charge < -0.3 is 10.6 Å². The first-order valence-electron chi connectivity index (χ1n) is 5.87. The fourth-order valence-electron chi connectivity index (χ4n) is 1.85. The molecule has 0 spiro atoms. The van der Waals surface area contributed by atoms with Crippen LogP contribution in [0.2, 0.25) is 0 Å². The highest BCUT2D eigenvalue weighted by molar-refractivity contribution is 7.80. The summed E-state index contributed by atoms with van der Waals surface area (Å²) in [6, 6.07) is 5.41. The second-order valence-corrected chi connectivity index (χ2v) is 4.51. The van der Waals surface area contributed by atoms with Crippen molar-refractivity contribution < 1.29 is 4.39 Å². The van der Waals surface area contributed by atoms with Crippen molar-refractivity contribution in [2.75, 3.05) is 11.4 Å². The fraction of sp³-hybridized carbons (Fsp3) is 0.462. The monoisotopic (exact) mass is 254 g/mol. The van der Waals surface area contributed by atoms with Gasteiger partial charge in [0.25, 0.3) is 0 Å². The Bertz CT molecular complexity index is 406. The standard InChI is InChI=1S/C13H19FN2S/c1-4-9(3)16(5-2)10-6-7-11(13(15)17)12(14)8-10/h6-9H,4-5H2,1-3H3,(H2,15,17). The Hall–Kier alpha value is -1.16. The van der Waals surface area contributed by atoms with Crippen LogP contribution in [0, 0.1) is 5.82 Å². The minimum absolute atomic E-state index is 0.0978. The molecule has 1 aromatic carbocycles. The van der Waals surface area contributed by atoms with E-state index in [9.17, 15) is 4.39 Å². The van der Waals surface area contributed by atoms with Crippen LogP contribution in [0.1, 0.15) is 32.8 Å². The maximum atomic E-state index is 13.8. The average molecular weight is 254 g/mol. The summed E-state index contributed by atoms with van der Waals surface area (Å²) in [7, 11) is 0. The molecule has 94 valence electrons. The number of nitrogens with two attached hydrogens (primary N) is 1. The molecule has 2 nitrogen and oxygen atoms in total. The van der Waals surface area contributed by atoms with Crippen LogP contribution in [0.3, 0.4) is 0 Å². The molecule has 1 aromatic rings. The Labute approximate surface area is 108 Å². The first-order valence-corrected chi connectivity index (χ1v) is 6.28. The second kappa shape index (κ2) is 5.96. The van der Waals surface area contributed by atoms with E-state index in [-0.39, 0.29) is 10.8 Å². The van der Waals surface area contributed by atoms with Gasteiger partial charge in [0.1, 0.15) is 10.8 Å². The van der Waals surface area contributed by atoms with Crippen LogP contribution in [0.5, 0.6) is 0 Å². The van der Waals surface area contributed by atoms with Crippen molar-refractivity contribution in [1.82, 2.24) is 0 Å². The van der Waals surface area contributed by atoms with E-state index >= 15 is 0 Å². The molecule has 0 bridgehead atoms. The third-order valence-electron chi connectivity index (χ3n) is 3.01. The summed E-state index contributed by atoms with van der Waals surface area (Å²) in [4.78, 5) is 2.26. The summed E-state index contributed by atoms with van der Waals surface area (Å²) < 4.78 is 13.8. The average Bonchev–Trinajstić information content (AvgIpc) is 2.29. The zero-order valence-corrected chi connectivity index (χ0v) is 11.4. The molecule has 0 saturated heterocycles. The third-order valence-corrected chi connectivity index (χ3v) is 3.23. The second-order valence-electron chi connectivity index (χ2n) is 4.07. The molecule has 0 aliphatic heterocycles. The number of thiocarbonyl (C=S) groups is 1. The molecular weight excluding hydrogens is 235 g/mol. The molecule has 0 aliphatic rings. The Kier molecular flexibility index (Phi) is 4.87. The largest absolute Gasteiger partial charge is 0.389 e. The lowest BCUT2D eigenvalue weighted by Crippen LogP contribution is -2.32. The summed E-state index contributed by atoms with van der Waals surface area (Å²) in [6.45, 7) is 7.16. The van der Waals surface area contributed by atoms with Gasteiger partial charge in [-0.1, -0.05) is 19.1 Å². The van der Waals surface area contributed by atoms with Crippen LogP contribution < -0.4 is 10.6 Å². The number of halogens is 1. The minimum atomic E-state index is -0.350. The maximum absolute atomic E-state index is 13.8. The van der Waals surface area contributed by atoms with Gasteiger partial charge in [-0.05, 0) is 38.5 Å². The Morgan fingerprint density at radius 2 is 2.12 bits per heavy atom. The number of nitrogens with zero attached hydrogens (tertiary/aromatic N) is 1. The Morgan fingerprint density at radius 1 is 1.47 bits per heavy atom. The number of rotatable bonds is 5. The molecule has 0 fully saturated rings. The smallest absolute Gasteiger partial charge is 0.135 e. The summed E-state index contributed by atoms with van der Waals surface area (Å²) in [5.74, 6) is -0.350. The molecule has 17 heavy (non-hydrogen) atoms. The van der Waals surface area contributed by atoms with Crippen LogP contribution in [-0.2, 0) is 0 Å². The van der Waals surface area contributed by atoms with Crippen molar-refractivity contribution >= 4 is 22.9 Å². The molecule has 1 atom stereocenters. The van der Waals surface area contributed by atoms with Crippen LogP contribution in [-0.4, -0.2) is 17.6 Å². The third kappa shape index (κ3) is 3.16. The molecule has 1 rings (SSSR count). The molecule has 0 aromatic heterocycles. The fourth-order valence-corrected chi connectivity index (χ4v) is 2.02. The van der Waals surface area contributed by atoms with Crippen molar-refractivity contribution in [3.63, 3.8) is 0 Å². The molecule has 0 heterocycles. The van der Waals surface area contributed by atoms with Crippen LogP contribution in [0.15, 0.2) is 18.2 Å². The summed E-state index contributed by atoms with van der Waals surface area (Å²) in [5.41, 5.74) is 6.62. The molecule has 0 radical (unpaired) electrons. The van der Waals surface area contributed by atoms with E-state index < -0.39 is 0 Å². The maximum Gasteiger partial charge on any atom is 0.135 e. The van der Waals surface area contributed by atoms with Gasteiger partial charge >= 0.3 is 0 Å². The van der Waals surface area contributed by atoms with Crippen molar-refractivity contribution in [2.45, 2.75) is 33.2 Å². The molecular formula is C13H19FN2S. The highest BCUT2D eigenvalue weighted by Gasteiger charge is 2.13. The number of hydrogen-bond donors (Lipinski definition) is 1. The van der Waals surface area contributed by atoms with Gasteiger partial charge in [0.15, 0.2) is 0 Å². The molecule has 0 saturated carbocycles. The predicted molar refractivity (Wildman–Crippen MR) is 75.1 cm³/mol. The molecule has 0 aliphatic carbocycles. The van der Waals surface area contributed by atoms with Crippen molar-refractivity contribution in [2.24, 2.45) is 5.73 Å². The van der Waals surface area contributed by atoms with E-state index in [4.69, 9.17) is 18.0 Å². The van der Waals surface area contributed by atoms with Gasteiger partial charge in [0.05, 0.1) is 0 Å². The summed E-state index contributed by atoms with van der Waals surface area (Å²) in [5, 5.41) is 0. The minimum Gasteiger partial charge on any atom is -0.389 e. The first kappa shape index (κ1) is 13.9. The van der Waals surface area contributed by atoms with E-state index in [1.54, 1.807) is 6.07 Å². The van der Waals surface area contributed by atoms with E-state index in [0.717, 1.165) is 18.7 Å². The number of benzene rings is 1. The van der Waals surface area contributed by atoms with Crippen LogP contribution in [0.25, 0.3) is 0 Å². The van der Waals surface area contributed by atoms with Crippen molar-refractivity contribution in [1.29, 1.82) is 0 Å². The lowest BCUT2D eigenvalue weighted by molar-refractivity contribution is 0.610. The Balaban J connectivity index is 3.07. The topological polar surface area (TPSA) is 29.3 Å². The Morgan fingerprint density at radius 3 is 2.53 bits per heavy atom. The van der Waals surface area contributed by atoms with E-state index in [1.165, 1.54) is 6.07 Å². The van der Waals surface area contributed by atoms with E-state index in [1.807, 2.05) is 6.07 Å². The van der Waals surface area contributed by atoms with Crippen molar-refractivity contribution in [3.8, 4) is 0 Å². The van der Waals surface area contributed by atoms with Gasteiger partial charge in [-0.3, -0.25) is 0 Å². The first-order chi connectivity index (χ1) is 8.01. The van der Waals surface area contributed by atoms with Gasteiger partial charge in [-0.2, -0.15) is 0 Å². The van der Waals surface area contributed by atoms with Gasteiger partial charge in [0.2, 0.25) is 0 Å². The predicted octanol–water partition coefficient (Wildman–Crippen LogP) is 3.08. The highest BCUT2D eigenvalue weighted by Crippen LogP contribution is 2.21. The van der Waals surface area contributed by atoms with Crippen LogP contribution in [0.4, 0.5) is 10.1 Å². The number of anilines is 1. The lowest BCUT2D eigenvalue weighted by Gasteiger charge is -2.29. The molecule has 1 unspecified atom stereocenters. The van der Waals surface area contributed by atoms with E-state index in [2.05, 4.69) is 25.7 Å². The van der Waals surface area contributed by atoms with Crippen molar-refractivity contribution in [3.05, 3.63) is 29.6 Å². The molecule has 2 N–H and O–H groups in total. The highest BCUT2D eigenvalue weighted by atomic mass is 32.1. The molecule has 0 amide bonds. The summed E-state index contributed by atoms with van der Waals surface area (Å²) >= 11 is 4.79. The van der Waals surface area contributed by atoms with E-state index in [0.29, 0.717) is 11.6 Å². The van der Waals surface area contributed by atoms with Gasteiger partial charge in [0, 0.05) is 23.8 Å². The SMILES string of the molecule is CCC(C)N(CC)c1ccc(C(N)=S)c(F)c1. The quantitative estimate of drug-likeness (QED) is 0.819. The van der Waals surface area contributed by atoms with Gasteiger partial charge in [-0.25, -0.2) is 4.39 Å². The lowest BCUT2D eigenvalue weighted by atomic mass is 10.1. The zero-order valence-electron chi connectivity index (χ0n) is 10.5. The van der Waals surface area contributed by atoms with Gasteiger partial charge in [-0.15, -0.1) is 0 Å². The summed E-state index contributed by atoms with van der Waals surface area (Å²) in [6.07, 6.45) is 1.02. The molecule has 4 heteroatoms. The van der Waals surface area contributed by atoms with Crippen LogP contribution >= 0.6 is 12.2 Å².